The largest absolute Gasteiger partial charge is 0.436 e. The van der Waals surface area contributed by atoms with Gasteiger partial charge < -0.3 is 10.5 Å². The number of alkyl halides is 1. The topological polar surface area (TPSA) is 129 Å². The second-order valence-corrected chi connectivity index (χ2v) is 12.6. The van der Waals surface area contributed by atoms with Gasteiger partial charge in [0, 0.05) is 18.1 Å². The first-order valence-electron chi connectivity index (χ1n) is 13.8. The van der Waals surface area contributed by atoms with E-state index in [4.69, 9.17) is 10.5 Å². The van der Waals surface area contributed by atoms with Gasteiger partial charge in [0.15, 0.2) is 17.3 Å². The first-order chi connectivity index (χ1) is 20.6. The smallest absolute Gasteiger partial charge is 0.232 e. The number of Topliss-reactive ketones (excluding diaryl/α,β-unsaturated/α-hetero) is 1. The van der Waals surface area contributed by atoms with E-state index in [-0.39, 0.29) is 46.9 Å². The number of para-hydroxylation sites is 1. The van der Waals surface area contributed by atoms with Gasteiger partial charge in [-0.05, 0) is 84.7 Å². The van der Waals surface area contributed by atoms with Crippen molar-refractivity contribution in [1.29, 1.82) is 0 Å². The zero-order valence-electron chi connectivity index (χ0n) is 23.3. The van der Waals surface area contributed by atoms with Crippen LogP contribution >= 0.6 is 0 Å². The molecule has 0 spiro atoms. The molecular formula is C31H29F2N5O4S. The highest BCUT2D eigenvalue weighted by Gasteiger charge is 2.31. The molecule has 0 atom stereocenters. The molecule has 9 nitrogen and oxygen atoms in total. The van der Waals surface area contributed by atoms with E-state index in [2.05, 4.69) is 14.8 Å². The molecular weight excluding hydrogens is 576 g/mol. The van der Waals surface area contributed by atoms with E-state index in [0.717, 1.165) is 29.5 Å². The Kier molecular flexibility index (Phi) is 7.47. The maximum absolute atomic E-state index is 14.0. The fraction of sp³-hybridized carbons (Fsp3) is 0.258. The second-order valence-electron chi connectivity index (χ2n) is 10.7. The van der Waals surface area contributed by atoms with Crippen LogP contribution in [0.15, 0.2) is 60.4 Å². The zero-order valence-corrected chi connectivity index (χ0v) is 24.1. The van der Waals surface area contributed by atoms with Gasteiger partial charge in [0.2, 0.25) is 15.9 Å². The van der Waals surface area contributed by atoms with E-state index in [0.29, 0.717) is 28.9 Å². The average molecular weight is 606 g/mol. The lowest BCUT2D eigenvalue weighted by molar-refractivity contribution is 0.103. The van der Waals surface area contributed by atoms with E-state index in [1.165, 1.54) is 29.2 Å². The number of anilines is 2. The van der Waals surface area contributed by atoms with Crippen molar-refractivity contribution in [1.82, 2.24) is 14.8 Å². The molecule has 0 saturated heterocycles. The molecule has 2 aromatic heterocycles. The quantitative estimate of drug-likeness (QED) is 0.204. The SMILES string of the molecule is Cc1cc(Oc2ccccc2F)ncc1-n1ncc(C(=O)C2=Cc3cc(C4CC4)c(NS(=O)(=O)CCCF)cc3C2)c1N. The van der Waals surface area contributed by atoms with Crippen molar-refractivity contribution < 1.29 is 26.7 Å². The molecule has 1 fully saturated rings. The summed E-state index contributed by atoms with van der Waals surface area (Å²) in [6.07, 6.45) is 6.83. The minimum absolute atomic E-state index is 0.0463. The molecule has 43 heavy (non-hydrogen) atoms. The van der Waals surface area contributed by atoms with Gasteiger partial charge in [0.1, 0.15) is 5.82 Å². The Hall–Kier alpha value is -4.58. The predicted molar refractivity (Wildman–Crippen MR) is 159 cm³/mol. The van der Waals surface area contributed by atoms with Gasteiger partial charge in [0.05, 0.1) is 41.8 Å². The molecule has 0 unspecified atom stereocenters. The number of nitrogens with zero attached hydrogens (tertiary/aromatic N) is 3. The summed E-state index contributed by atoms with van der Waals surface area (Å²) >= 11 is 0. The number of carbonyl (C=O) groups is 1. The Morgan fingerprint density at radius 2 is 1.98 bits per heavy atom. The Morgan fingerprint density at radius 3 is 2.70 bits per heavy atom. The number of carbonyl (C=O) groups excluding carboxylic acids is 1. The minimum Gasteiger partial charge on any atom is -0.436 e. The molecule has 2 aliphatic rings. The number of hydrogen-bond acceptors (Lipinski definition) is 7. The number of allylic oxidation sites excluding steroid dienone is 1. The summed E-state index contributed by atoms with van der Waals surface area (Å²) < 4.78 is 61.2. The van der Waals surface area contributed by atoms with Crippen molar-refractivity contribution in [3.63, 3.8) is 0 Å². The summed E-state index contributed by atoms with van der Waals surface area (Å²) in [5, 5.41) is 4.34. The number of halogens is 2. The number of sulfonamides is 1. The van der Waals surface area contributed by atoms with E-state index in [9.17, 15) is 22.0 Å². The molecule has 0 aliphatic heterocycles. The third kappa shape index (κ3) is 5.87. The van der Waals surface area contributed by atoms with Crippen molar-refractivity contribution in [3.8, 4) is 17.3 Å². The lowest BCUT2D eigenvalue weighted by Gasteiger charge is -2.14. The van der Waals surface area contributed by atoms with Gasteiger partial charge in [-0.15, -0.1) is 0 Å². The molecule has 0 bridgehead atoms. The Bertz CT molecular complexity index is 1880. The van der Waals surface area contributed by atoms with Gasteiger partial charge in [-0.3, -0.25) is 13.9 Å². The van der Waals surface area contributed by atoms with Crippen LogP contribution in [0.3, 0.4) is 0 Å². The molecule has 2 heterocycles. The lowest BCUT2D eigenvalue weighted by Crippen LogP contribution is -2.18. The zero-order chi connectivity index (χ0) is 30.3. The second kappa shape index (κ2) is 11.3. The number of aromatic nitrogens is 3. The first-order valence-corrected chi connectivity index (χ1v) is 15.5. The van der Waals surface area contributed by atoms with Crippen molar-refractivity contribution in [3.05, 3.63) is 94.1 Å². The predicted octanol–water partition coefficient (Wildman–Crippen LogP) is 5.89. The summed E-state index contributed by atoms with van der Waals surface area (Å²) in [6.45, 7) is 1.09. The number of fused-ring (bicyclic) bond motifs is 1. The number of rotatable bonds is 11. The molecule has 6 rings (SSSR count). The molecule has 12 heteroatoms. The van der Waals surface area contributed by atoms with E-state index in [1.807, 2.05) is 12.1 Å². The normalized spacial score (nSPS) is 14.3. The summed E-state index contributed by atoms with van der Waals surface area (Å²) in [4.78, 5) is 17.9. The van der Waals surface area contributed by atoms with Gasteiger partial charge >= 0.3 is 0 Å². The molecule has 0 amide bonds. The van der Waals surface area contributed by atoms with Crippen LogP contribution in [-0.4, -0.2) is 41.4 Å². The fourth-order valence-corrected chi connectivity index (χ4v) is 6.28. The lowest BCUT2D eigenvalue weighted by atomic mass is 10.00. The highest BCUT2D eigenvalue weighted by atomic mass is 32.2. The third-order valence-electron chi connectivity index (χ3n) is 7.53. The van der Waals surface area contributed by atoms with Crippen LogP contribution in [0.5, 0.6) is 11.6 Å². The fourth-order valence-electron chi connectivity index (χ4n) is 5.18. The number of ether oxygens (including phenoxy) is 1. The molecule has 2 aromatic carbocycles. The van der Waals surface area contributed by atoms with Crippen LogP contribution < -0.4 is 15.2 Å². The van der Waals surface area contributed by atoms with E-state index in [1.54, 1.807) is 31.2 Å². The molecule has 2 aliphatic carbocycles. The Balaban J connectivity index is 1.22. The van der Waals surface area contributed by atoms with E-state index >= 15 is 0 Å². The van der Waals surface area contributed by atoms with Crippen LogP contribution in [0, 0.1) is 12.7 Å². The van der Waals surface area contributed by atoms with Crippen LogP contribution in [0.2, 0.25) is 0 Å². The number of hydrogen-bond donors (Lipinski definition) is 2. The van der Waals surface area contributed by atoms with Crippen molar-refractivity contribution in [2.45, 2.75) is 38.5 Å². The number of ketones is 1. The third-order valence-corrected chi connectivity index (χ3v) is 8.89. The van der Waals surface area contributed by atoms with Crippen LogP contribution in [-0.2, 0) is 16.4 Å². The number of benzene rings is 2. The van der Waals surface area contributed by atoms with Crippen LogP contribution in [0.4, 0.5) is 20.3 Å². The number of nitrogens with one attached hydrogen (secondary N) is 1. The molecule has 1 saturated carbocycles. The van der Waals surface area contributed by atoms with E-state index < -0.39 is 22.5 Å². The summed E-state index contributed by atoms with van der Waals surface area (Å²) in [7, 11) is -3.70. The summed E-state index contributed by atoms with van der Waals surface area (Å²) in [5.74, 6) is -0.485. The van der Waals surface area contributed by atoms with Crippen LogP contribution in [0.1, 0.15) is 57.8 Å². The summed E-state index contributed by atoms with van der Waals surface area (Å²) in [5.41, 5.74) is 11.4. The molecule has 3 N–H and O–H groups in total. The molecule has 4 aromatic rings. The number of nitrogen functional groups attached to an aromatic ring is 1. The Labute approximate surface area is 247 Å². The standard InChI is InChI=1S/C31H29F2N5O4S/c1-18-11-29(42-28-6-3-2-5-25(28)33)35-17-27(18)38-31(34)24(16-36-38)30(39)22-12-20-14-23(19-7-8-19)26(15-21(20)13-22)37-43(40,41)10-4-9-32/h2-3,5-6,11-12,14-17,19,37H,4,7-10,13,34H2,1H3. The van der Waals surface area contributed by atoms with Crippen LogP contribution in [0.25, 0.3) is 11.8 Å². The van der Waals surface area contributed by atoms with Gasteiger partial charge in [0.25, 0.3) is 0 Å². The number of aryl methyl sites for hydroxylation is 1. The molecule has 0 radical (unpaired) electrons. The van der Waals surface area contributed by atoms with Gasteiger partial charge in [-0.1, -0.05) is 12.1 Å². The minimum atomic E-state index is -3.70. The monoisotopic (exact) mass is 605 g/mol. The average Bonchev–Trinajstić information content (AvgIpc) is 3.63. The summed E-state index contributed by atoms with van der Waals surface area (Å²) in [6, 6.07) is 11.4. The Morgan fingerprint density at radius 1 is 1.19 bits per heavy atom. The molecule has 222 valence electrons. The number of nitrogens with two attached hydrogens (primary N) is 1. The van der Waals surface area contributed by atoms with Gasteiger partial charge in [-0.25, -0.2) is 22.5 Å². The van der Waals surface area contributed by atoms with Gasteiger partial charge in [-0.2, -0.15) is 5.10 Å². The number of pyridine rings is 1. The van der Waals surface area contributed by atoms with Crippen molar-refractivity contribution in [2.24, 2.45) is 0 Å². The van der Waals surface area contributed by atoms with Crippen molar-refractivity contribution in [2.75, 3.05) is 22.9 Å². The maximum atomic E-state index is 14.0. The highest BCUT2D eigenvalue weighted by Crippen LogP contribution is 2.46. The first kappa shape index (κ1) is 28.5. The maximum Gasteiger partial charge on any atom is 0.232 e. The highest BCUT2D eigenvalue weighted by molar-refractivity contribution is 7.92. The van der Waals surface area contributed by atoms with Crippen molar-refractivity contribution >= 4 is 33.4 Å².